The van der Waals surface area contributed by atoms with Gasteiger partial charge in [-0.15, -0.1) is 12.4 Å². The molecule has 3 unspecified atom stereocenters. The number of carbonyl (C=O) groups is 1. The molecule has 0 bridgehead atoms. The zero-order valence-corrected chi connectivity index (χ0v) is 21.5. The van der Waals surface area contributed by atoms with Crippen molar-refractivity contribution in [1.29, 1.82) is 0 Å². The van der Waals surface area contributed by atoms with Crippen LogP contribution in [0.25, 0.3) is 0 Å². The zero-order valence-electron chi connectivity index (χ0n) is 19.8. The van der Waals surface area contributed by atoms with Crippen molar-refractivity contribution in [2.75, 3.05) is 12.8 Å². The van der Waals surface area contributed by atoms with Gasteiger partial charge in [0.2, 0.25) is 0 Å². The van der Waals surface area contributed by atoms with Gasteiger partial charge in [-0.3, -0.25) is 9.69 Å². The number of hydrogen-bond donors (Lipinski definition) is 0. The fraction of sp³-hybridized carbons (Fsp3) is 0.321. The van der Waals surface area contributed by atoms with Gasteiger partial charge in [-0.2, -0.15) is 0 Å². The first-order valence-corrected chi connectivity index (χ1v) is 13.6. The van der Waals surface area contributed by atoms with E-state index in [9.17, 15) is 13.2 Å². The Kier molecular flexibility index (Phi) is 9.63. The predicted molar refractivity (Wildman–Crippen MR) is 142 cm³/mol. The Morgan fingerprint density at radius 3 is 1.97 bits per heavy atom. The summed E-state index contributed by atoms with van der Waals surface area (Å²) in [5.41, 5.74) is 2.77. The van der Waals surface area contributed by atoms with E-state index in [0.29, 0.717) is 31.6 Å². The minimum atomic E-state index is -3.31. The normalized spacial score (nSPS) is 19.9. The Bertz CT molecular complexity index is 1170. The van der Waals surface area contributed by atoms with Crippen LogP contribution < -0.4 is 0 Å². The van der Waals surface area contributed by atoms with Crippen LogP contribution in [0.3, 0.4) is 0 Å². The monoisotopic (exact) mass is 513 g/mol. The van der Waals surface area contributed by atoms with Gasteiger partial charge in [-0.1, -0.05) is 91.0 Å². The van der Waals surface area contributed by atoms with Gasteiger partial charge in [0.15, 0.2) is 15.6 Å². The zero-order chi connectivity index (χ0) is 24.0. The van der Waals surface area contributed by atoms with Crippen LogP contribution in [-0.2, 0) is 27.7 Å². The maximum Gasteiger partial charge on any atom is 0.176 e. The van der Waals surface area contributed by atoms with Gasteiger partial charge in [-0.05, 0) is 24.0 Å². The number of benzene rings is 3. The van der Waals surface area contributed by atoms with Gasteiger partial charge in [-0.25, -0.2) is 8.42 Å². The molecule has 5 nitrogen and oxygen atoms in total. The van der Waals surface area contributed by atoms with Crippen LogP contribution in [-0.4, -0.2) is 49.3 Å². The van der Waals surface area contributed by atoms with E-state index in [0.717, 1.165) is 11.1 Å². The second-order valence-corrected chi connectivity index (χ2v) is 11.3. The van der Waals surface area contributed by atoms with Crippen LogP contribution in [0.5, 0.6) is 0 Å². The molecule has 4 rings (SSSR count). The Labute approximate surface area is 214 Å². The van der Waals surface area contributed by atoms with Crippen molar-refractivity contribution in [1.82, 2.24) is 4.90 Å². The average molecular weight is 514 g/mol. The highest BCUT2D eigenvalue weighted by molar-refractivity contribution is 7.91. The molecule has 3 aromatic rings. The predicted octanol–water partition coefficient (Wildman–Crippen LogP) is 4.95. The number of Topliss-reactive ketones (excluding diaryl/α,β-unsaturated/α-hetero) is 1. The number of sulfone groups is 1. The first kappa shape index (κ1) is 27.1. The molecule has 1 fully saturated rings. The van der Waals surface area contributed by atoms with Crippen LogP contribution >= 0.6 is 12.4 Å². The van der Waals surface area contributed by atoms with Crippen molar-refractivity contribution >= 4 is 28.0 Å². The summed E-state index contributed by atoms with van der Waals surface area (Å²) in [6.07, 6.45) is 1.90. The van der Waals surface area contributed by atoms with E-state index in [4.69, 9.17) is 4.74 Å². The maximum atomic E-state index is 13.1. The summed E-state index contributed by atoms with van der Waals surface area (Å²) in [5.74, 6) is 0.0288. The van der Waals surface area contributed by atoms with Gasteiger partial charge in [0, 0.05) is 24.4 Å². The molecule has 0 aliphatic heterocycles. The molecule has 1 aliphatic rings. The lowest BCUT2D eigenvalue weighted by molar-refractivity contribution is 0.0399. The first-order chi connectivity index (χ1) is 16.4. The summed E-state index contributed by atoms with van der Waals surface area (Å²) in [6.45, 7) is 1.17. The highest BCUT2D eigenvalue weighted by Gasteiger charge is 2.43. The summed E-state index contributed by atoms with van der Waals surface area (Å²) in [4.78, 5) is 15.2. The molecule has 0 heterocycles. The van der Waals surface area contributed by atoms with E-state index >= 15 is 0 Å². The number of ketones is 1. The van der Waals surface area contributed by atoms with E-state index in [1.807, 2.05) is 91.0 Å². The van der Waals surface area contributed by atoms with Crippen molar-refractivity contribution in [2.24, 2.45) is 0 Å². The van der Waals surface area contributed by atoms with E-state index in [1.165, 1.54) is 6.26 Å². The molecule has 186 valence electrons. The number of nitrogens with zero attached hydrogens (tertiary/aromatic N) is 1. The van der Waals surface area contributed by atoms with Crippen LogP contribution in [0.15, 0.2) is 91.0 Å². The quantitative estimate of drug-likeness (QED) is 0.359. The lowest BCUT2D eigenvalue weighted by atomic mass is 10.1. The Hall–Kier alpha value is -2.51. The van der Waals surface area contributed by atoms with E-state index in [1.54, 1.807) is 0 Å². The molecule has 0 spiro atoms. The Morgan fingerprint density at radius 1 is 0.857 bits per heavy atom. The molecule has 3 aromatic carbocycles. The Morgan fingerprint density at radius 2 is 1.40 bits per heavy atom. The van der Waals surface area contributed by atoms with E-state index in [-0.39, 0.29) is 30.8 Å². The number of carbonyl (C=O) groups excluding carboxylic acids is 1. The summed E-state index contributed by atoms with van der Waals surface area (Å²) in [5, 5.41) is -0.591. The molecular weight excluding hydrogens is 482 g/mol. The smallest absolute Gasteiger partial charge is 0.176 e. The fourth-order valence-electron chi connectivity index (χ4n) is 4.67. The molecule has 7 heteroatoms. The molecule has 0 amide bonds. The Balaban J connectivity index is 0.00000342. The minimum Gasteiger partial charge on any atom is -0.372 e. The van der Waals surface area contributed by atoms with Gasteiger partial charge in [0.05, 0.1) is 24.5 Å². The van der Waals surface area contributed by atoms with Crippen molar-refractivity contribution in [2.45, 2.75) is 43.4 Å². The highest BCUT2D eigenvalue weighted by atomic mass is 35.5. The van der Waals surface area contributed by atoms with Gasteiger partial charge in [0.25, 0.3) is 0 Å². The molecule has 1 aliphatic carbocycles. The largest absolute Gasteiger partial charge is 0.372 e. The first-order valence-electron chi connectivity index (χ1n) is 11.6. The molecule has 1 saturated carbocycles. The number of hydrogen-bond acceptors (Lipinski definition) is 5. The standard InChI is InChI=1S/C28H31NO4S.ClH/c1-34(31,32)28-18-25(17-27(28)33-21-23-13-7-3-8-14-23)29(19-22-11-5-2-6-12-22)20-26(30)24-15-9-4-10-16-24;/h2-16,25,27-28H,17-21H2,1H3;1H. The molecular formula is C28H32ClNO4S. The van der Waals surface area contributed by atoms with E-state index in [2.05, 4.69) is 4.90 Å². The summed E-state index contributed by atoms with van der Waals surface area (Å²) in [6, 6.07) is 28.9. The van der Waals surface area contributed by atoms with Crippen LogP contribution in [0, 0.1) is 0 Å². The fourth-order valence-corrected chi connectivity index (χ4v) is 5.98. The highest BCUT2D eigenvalue weighted by Crippen LogP contribution is 2.33. The average Bonchev–Trinajstić information content (AvgIpc) is 3.29. The van der Waals surface area contributed by atoms with Crippen LogP contribution in [0.2, 0.25) is 0 Å². The van der Waals surface area contributed by atoms with Gasteiger partial charge < -0.3 is 4.74 Å². The molecule has 3 atom stereocenters. The van der Waals surface area contributed by atoms with Crippen molar-refractivity contribution in [3.63, 3.8) is 0 Å². The van der Waals surface area contributed by atoms with Gasteiger partial charge in [0.1, 0.15) is 0 Å². The topological polar surface area (TPSA) is 63.7 Å². The summed E-state index contributed by atoms with van der Waals surface area (Å²) < 4.78 is 31.5. The second kappa shape index (κ2) is 12.5. The number of rotatable bonds is 10. The van der Waals surface area contributed by atoms with Gasteiger partial charge >= 0.3 is 0 Å². The molecule has 0 aromatic heterocycles. The van der Waals surface area contributed by atoms with Crippen LogP contribution in [0.4, 0.5) is 0 Å². The SMILES string of the molecule is CS(=O)(=O)C1CC(N(CC(=O)c2ccccc2)Cc2ccccc2)CC1OCc1ccccc1.Cl. The van der Waals surface area contributed by atoms with Crippen molar-refractivity contribution < 1.29 is 17.9 Å². The van der Waals surface area contributed by atoms with Crippen molar-refractivity contribution in [3.8, 4) is 0 Å². The minimum absolute atomic E-state index is 0. The lowest BCUT2D eigenvalue weighted by Crippen LogP contribution is -2.38. The third-order valence-corrected chi connectivity index (χ3v) is 8.06. The molecule has 0 radical (unpaired) electrons. The summed E-state index contributed by atoms with van der Waals surface area (Å²) >= 11 is 0. The third-order valence-electron chi connectivity index (χ3n) is 6.47. The summed E-state index contributed by atoms with van der Waals surface area (Å²) in [7, 11) is -3.31. The molecule has 0 saturated heterocycles. The lowest BCUT2D eigenvalue weighted by Gasteiger charge is -2.28. The van der Waals surface area contributed by atoms with E-state index < -0.39 is 21.2 Å². The third kappa shape index (κ3) is 7.48. The molecule has 0 N–H and O–H groups in total. The maximum absolute atomic E-state index is 13.1. The number of ether oxygens (including phenoxy) is 1. The van der Waals surface area contributed by atoms with Crippen molar-refractivity contribution in [3.05, 3.63) is 108 Å². The molecule has 35 heavy (non-hydrogen) atoms. The van der Waals surface area contributed by atoms with Crippen LogP contribution in [0.1, 0.15) is 34.3 Å². The second-order valence-electron chi connectivity index (χ2n) is 9.01. The number of halogens is 1.